The first-order chi connectivity index (χ1) is 11.0. The van der Waals surface area contributed by atoms with E-state index in [1.807, 2.05) is 13.0 Å². The second kappa shape index (κ2) is 5.98. The van der Waals surface area contributed by atoms with Crippen molar-refractivity contribution in [3.05, 3.63) is 40.8 Å². The van der Waals surface area contributed by atoms with Gasteiger partial charge in [-0.05, 0) is 30.7 Å². The van der Waals surface area contributed by atoms with Crippen molar-refractivity contribution < 1.29 is 17.9 Å². The van der Waals surface area contributed by atoms with Gasteiger partial charge in [0.25, 0.3) is 10.0 Å². The molecule has 0 fully saturated rings. The number of hydrogen-bond donors (Lipinski definition) is 0. The molecule has 0 atom stereocenters. The highest BCUT2D eigenvalue weighted by Gasteiger charge is 2.33. The topological polar surface area (TPSA) is 63.7 Å². The van der Waals surface area contributed by atoms with Crippen LogP contribution in [0.25, 0.3) is 0 Å². The molecule has 0 saturated heterocycles. The van der Waals surface area contributed by atoms with Crippen LogP contribution in [0, 0.1) is 0 Å². The first kappa shape index (κ1) is 16.0. The molecule has 0 amide bonds. The van der Waals surface area contributed by atoms with Gasteiger partial charge >= 0.3 is 0 Å². The van der Waals surface area contributed by atoms with Gasteiger partial charge in [-0.15, -0.1) is 11.3 Å². The van der Waals surface area contributed by atoms with Crippen LogP contribution in [-0.2, 0) is 16.4 Å². The number of thiophene rings is 1. The summed E-state index contributed by atoms with van der Waals surface area (Å²) in [7, 11) is -2.16. The smallest absolute Gasteiger partial charge is 0.273 e. The van der Waals surface area contributed by atoms with Crippen LogP contribution in [0.15, 0.2) is 34.5 Å². The molecule has 0 aliphatic carbocycles. The lowest BCUT2D eigenvalue weighted by Gasteiger charge is -2.29. The summed E-state index contributed by atoms with van der Waals surface area (Å²) in [6, 6.07) is 8.38. The van der Waals surface area contributed by atoms with E-state index in [2.05, 4.69) is 0 Å². The Bertz CT molecular complexity index is 855. The predicted octanol–water partition coefficient (Wildman–Crippen LogP) is 3.10. The number of anilines is 1. The van der Waals surface area contributed by atoms with E-state index >= 15 is 0 Å². The number of carbonyl (C=O) groups excluding carboxylic acids is 1. The SMILES string of the molecule is CCc1ccc(S(=O)(=O)N2CCC(=O)c3ccc(OC)cc32)s1. The first-order valence-corrected chi connectivity index (χ1v) is 9.55. The Hall–Kier alpha value is -1.86. The molecule has 23 heavy (non-hydrogen) atoms. The molecule has 122 valence electrons. The van der Waals surface area contributed by atoms with E-state index in [0.717, 1.165) is 11.3 Å². The minimum atomic E-state index is -3.67. The summed E-state index contributed by atoms with van der Waals surface area (Å²) in [6.07, 6.45) is 0.980. The van der Waals surface area contributed by atoms with Crippen molar-refractivity contribution in [3.8, 4) is 5.75 Å². The molecule has 1 aliphatic rings. The van der Waals surface area contributed by atoms with Crippen LogP contribution in [0.2, 0.25) is 0 Å². The molecule has 2 heterocycles. The molecule has 2 aromatic rings. The van der Waals surface area contributed by atoms with Crippen LogP contribution < -0.4 is 9.04 Å². The van der Waals surface area contributed by atoms with E-state index in [9.17, 15) is 13.2 Å². The number of hydrogen-bond acceptors (Lipinski definition) is 5. The zero-order chi connectivity index (χ0) is 16.6. The molecule has 1 aromatic carbocycles. The number of benzene rings is 1. The Morgan fingerprint density at radius 3 is 2.70 bits per heavy atom. The van der Waals surface area contributed by atoms with Gasteiger partial charge in [-0.3, -0.25) is 9.10 Å². The summed E-state index contributed by atoms with van der Waals surface area (Å²) in [6.45, 7) is 2.14. The Labute approximate surface area is 139 Å². The molecule has 0 saturated carbocycles. The second-order valence-corrected chi connectivity index (χ2v) is 8.47. The molecular weight excluding hydrogens is 334 g/mol. The highest BCUT2D eigenvalue weighted by Crippen LogP contribution is 2.36. The third-order valence-electron chi connectivity index (χ3n) is 3.85. The lowest BCUT2D eigenvalue weighted by atomic mass is 10.0. The van der Waals surface area contributed by atoms with Gasteiger partial charge in [0, 0.05) is 29.5 Å². The number of fused-ring (bicyclic) bond motifs is 1. The highest BCUT2D eigenvalue weighted by atomic mass is 32.2. The van der Waals surface area contributed by atoms with E-state index in [0.29, 0.717) is 21.2 Å². The number of rotatable bonds is 4. The normalized spacial score (nSPS) is 14.7. The average molecular weight is 351 g/mol. The number of carbonyl (C=O) groups is 1. The third kappa shape index (κ3) is 2.74. The quantitative estimate of drug-likeness (QED) is 0.849. The van der Waals surface area contributed by atoms with Gasteiger partial charge in [-0.2, -0.15) is 0 Å². The maximum Gasteiger partial charge on any atom is 0.273 e. The van der Waals surface area contributed by atoms with Gasteiger partial charge < -0.3 is 4.74 Å². The summed E-state index contributed by atoms with van der Waals surface area (Å²) in [5.74, 6) is 0.480. The maximum absolute atomic E-state index is 13.0. The molecule has 3 rings (SSSR count). The number of sulfonamides is 1. The fraction of sp³-hybridized carbons (Fsp3) is 0.312. The standard InChI is InChI=1S/C16H17NO4S2/c1-3-12-5-7-16(22-12)23(19,20)17-9-8-15(18)13-6-4-11(21-2)10-14(13)17/h4-7,10H,3,8-9H2,1-2H3. The minimum absolute atomic E-state index is 0.0467. The second-order valence-electron chi connectivity index (χ2n) is 5.21. The number of ketones is 1. The predicted molar refractivity (Wildman–Crippen MR) is 90.2 cm³/mol. The summed E-state index contributed by atoms with van der Waals surface area (Å²) in [4.78, 5) is 13.1. The zero-order valence-corrected chi connectivity index (χ0v) is 14.5. The number of Topliss-reactive ketones (excluding diaryl/α,β-unsaturated/α-hetero) is 1. The van der Waals surface area contributed by atoms with Gasteiger partial charge in [0.2, 0.25) is 0 Å². The van der Waals surface area contributed by atoms with E-state index in [4.69, 9.17) is 4.74 Å². The van der Waals surface area contributed by atoms with Crippen molar-refractivity contribution in [2.24, 2.45) is 0 Å². The fourth-order valence-corrected chi connectivity index (χ4v) is 5.47. The first-order valence-electron chi connectivity index (χ1n) is 7.30. The van der Waals surface area contributed by atoms with E-state index in [1.54, 1.807) is 24.3 Å². The lowest BCUT2D eigenvalue weighted by Crippen LogP contribution is -2.37. The Kier molecular flexibility index (Phi) is 4.16. The molecule has 7 heteroatoms. The third-order valence-corrected chi connectivity index (χ3v) is 7.36. The van der Waals surface area contributed by atoms with Crippen LogP contribution in [0.3, 0.4) is 0 Å². The van der Waals surface area contributed by atoms with Crippen molar-refractivity contribution in [2.75, 3.05) is 18.0 Å². The van der Waals surface area contributed by atoms with Crippen molar-refractivity contribution in [3.63, 3.8) is 0 Å². The van der Waals surface area contributed by atoms with Crippen molar-refractivity contribution in [1.82, 2.24) is 0 Å². The molecule has 0 bridgehead atoms. The van der Waals surface area contributed by atoms with Crippen LogP contribution in [0.5, 0.6) is 5.75 Å². The van der Waals surface area contributed by atoms with Gasteiger partial charge in [0.1, 0.15) is 9.96 Å². The largest absolute Gasteiger partial charge is 0.497 e. The molecule has 1 aliphatic heterocycles. The summed E-state index contributed by atoms with van der Waals surface area (Å²) < 4.78 is 32.7. The molecule has 0 radical (unpaired) electrons. The van der Waals surface area contributed by atoms with Gasteiger partial charge in [-0.1, -0.05) is 6.92 Å². The van der Waals surface area contributed by atoms with Gasteiger partial charge in [-0.25, -0.2) is 8.42 Å². The minimum Gasteiger partial charge on any atom is -0.497 e. The van der Waals surface area contributed by atoms with Gasteiger partial charge in [0.15, 0.2) is 5.78 Å². The molecule has 0 N–H and O–H groups in total. The Morgan fingerprint density at radius 2 is 2.04 bits per heavy atom. The van der Waals surface area contributed by atoms with E-state index in [-0.39, 0.29) is 18.7 Å². The van der Waals surface area contributed by atoms with Crippen molar-refractivity contribution in [2.45, 2.75) is 24.0 Å². The van der Waals surface area contributed by atoms with Crippen LogP contribution in [-0.4, -0.2) is 27.9 Å². The van der Waals surface area contributed by atoms with Crippen LogP contribution in [0.4, 0.5) is 5.69 Å². The number of methoxy groups -OCH3 is 1. The number of aryl methyl sites for hydroxylation is 1. The summed E-state index contributed by atoms with van der Waals surface area (Å²) in [5, 5.41) is 0. The zero-order valence-electron chi connectivity index (χ0n) is 12.9. The van der Waals surface area contributed by atoms with E-state index in [1.165, 1.54) is 22.8 Å². The van der Waals surface area contributed by atoms with Crippen molar-refractivity contribution in [1.29, 1.82) is 0 Å². The molecule has 1 aromatic heterocycles. The number of ether oxygens (including phenoxy) is 1. The molecule has 0 unspecified atom stereocenters. The van der Waals surface area contributed by atoms with Gasteiger partial charge in [0.05, 0.1) is 12.8 Å². The van der Waals surface area contributed by atoms with Crippen LogP contribution in [0.1, 0.15) is 28.6 Å². The van der Waals surface area contributed by atoms with Crippen molar-refractivity contribution >= 4 is 32.8 Å². The monoisotopic (exact) mass is 351 g/mol. The summed E-state index contributed by atoms with van der Waals surface area (Å²) >= 11 is 1.27. The molecule has 5 nitrogen and oxygen atoms in total. The molecule has 0 spiro atoms. The van der Waals surface area contributed by atoms with E-state index < -0.39 is 10.0 Å². The molecular formula is C16H17NO4S2. The summed E-state index contributed by atoms with van der Waals surface area (Å²) in [5.41, 5.74) is 0.819. The van der Waals surface area contributed by atoms with Crippen LogP contribution >= 0.6 is 11.3 Å². The Morgan fingerprint density at radius 1 is 1.26 bits per heavy atom. The Balaban J connectivity index is 2.10. The lowest BCUT2D eigenvalue weighted by molar-refractivity contribution is 0.0982. The highest BCUT2D eigenvalue weighted by molar-refractivity contribution is 7.94. The maximum atomic E-state index is 13.0. The fourth-order valence-electron chi connectivity index (χ4n) is 2.58. The average Bonchev–Trinajstić information content (AvgIpc) is 3.04. The number of nitrogens with zero attached hydrogens (tertiary/aromatic N) is 1.